The number of allylic oxidation sites excluding steroid dienone is 1. The summed E-state index contributed by atoms with van der Waals surface area (Å²) in [6, 6.07) is 8.47. The van der Waals surface area contributed by atoms with E-state index in [-0.39, 0.29) is 24.5 Å². The van der Waals surface area contributed by atoms with E-state index in [1.54, 1.807) is 50.4 Å². The first-order chi connectivity index (χ1) is 13.9. The SMILES string of the molecule is C=CCOc1cc(C)n(C)c(=O)c1C(=O)C=Cc1cccc(OCC(=O)OC)c1. The molecule has 0 aliphatic heterocycles. The Morgan fingerprint density at radius 2 is 1.97 bits per heavy atom. The zero-order valence-corrected chi connectivity index (χ0v) is 16.6. The maximum atomic E-state index is 12.7. The summed E-state index contributed by atoms with van der Waals surface area (Å²) < 4.78 is 16.8. The normalized spacial score (nSPS) is 10.6. The van der Waals surface area contributed by atoms with Crippen molar-refractivity contribution in [2.24, 2.45) is 7.05 Å². The van der Waals surface area contributed by atoms with Crippen LogP contribution in [0.3, 0.4) is 0 Å². The minimum atomic E-state index is -0.497. The first kappa shape index (κ1) is 21.7. The number of aryl methyl sites for hydroxylation is 1. The van der Waals surface area contributed by atoms with Crippen molar-refractivity contribution in [1.82, 2.24) is 4.57 Å². The Labute approximate surface area is 168 Å². The maximum Gasteiger partial charge on any atom is 0.343 e. The van der Waals surface area contributed by atoms with Gasteiger partial charge in [0.1, 0.15) is 23.7 Å². The van der Waals surface area contributed by atoms with Crippen molar-refractivity contribution in [3.8, 4) is 11.5 Å². The maximum absolute atomic E-state index is 12.7. The minimum absolute atomic E-state index is 0.0469. The molecule has 0 atom stereocenters. The molecule has 0 bridgehead atoms. The number of esters is 1. The topological polar surface area (TPSA) is 83.8 Å². The Balaban J connectivity index is 2.27. The highest BCUT2D eigenvalue weighted by Crippen LogP contribution is 2.19. The summed E-state index contributed by atoms with van der Waals surface area (Å²) >= 11 is 0. The van der Waals surface area contributed by atoms with Crippen LogP contribution in [0.4, 0.5) is 0 Å². The van der Waals surface area contributed by atoms with Crippen molar-refractivity contribution in [2.75, 3.05) is 20.3 Å². The molecule has 0 N–H and O–H groups in total. The van der Waals surface area contributed by atoms with Gasteiger partial charge in [0, 0.05) is 18.8 Å². The highest BCUT2D eigenvalue weighted by molar-refractivity contribution is 6.08. The van der Waals surface area contributed by atoms with E-state index in [0.717, 1.165) is 0 Å². The summed E-state index contributed by atoms with van der Waals surface area (Å²) in [5.41, 5.74) is 0.853. The summed E-state index contributed by atoms with van der Waals surface area (Å²) in [5, 5.41) is 0. The van der Waals surface area contributed by atoms with E-state index in [1.807, 2.05) is 0 Å². The Bertz CT molecular complexity index is 1000. The van der Waals surface area contributed by atoms with Gasteiger partial charge >= 0.3 is 5.97 Å². The number of hydrogen-bond acceptors (Lipinski definition) is 6. The molecular formula is C22H23NO6. The van der Waals surface area contributed by atoms with Crippen LogP contribution in [0.25, 0.3) is 6.08 Å². The highest BCUT2D eigenvalue weighted by Gasteiger charge is 2.18. The van der Waals surface area contributed by atoms with E-state index in [1.165, 1.54) is 23.8 Å². The average Bonchev–Trinajstić information content (AvgIpc) is 2.72. The molecule has 152 valence electrons. The molecule has 29 heavy (non-hydrogen) atoms. The third-order valence-corrected chi connectivity index (χ3v) is 4.11. The molecule has 0 amide bonds. The Kier molecular flexibility index (Phi) is 7.54. The molecular weight excluding hydrogens is 374 g/mol. The summed E-state index contributed by atoms with van der Waals surface area (Å²) in [6.07, 6.45) is 4.40. The number of benzene rings is 1. The van der Waals surface area contributed by atoms with Crippen LogP contribution < -0.4 is 15.0 Å². The largest absolute Gasteiger partial charge is 0.488 e. The summed E-state index contributed by atoms with van der Waals surface area (Å²) in [6.45, 7) is 5.30. The van der Waals surface area contributed by atoms with Crippen LogP contribution in [-0.4, -0.2) is 36.6 Å². The molecule has 0 radical (unpaired) electrons. The zero-order valence-electron chi connectivity index (χ0n) is 16.6. The number of methoxy groups -OCH3 is 1. The predicted octanol–water partition coefficient (Wildman–Crippen LogP) is 2.71. The lowest BCUT2D eigenvalue weighted by Gasteiger charge is -2.12. The van der Waals surface area contributed by atoms with E-state index >= 15 is 0 Å². The molecule has 0 unspecified atom stereocenters. The molecule has 0 aliphatic rings. The van der Waals surface area contributed by atoms with Gasteiger partial charge in [0.25, 0.3) is 5.56 Å². The molecule has 1 aromatic carbocycles. The van der Waals surface area contributed by atoms with Crippen LogP contribution in [-0.2, 0) is 16.6 Å². The van der Waals surface area contributed by atoms with Crippen LogP contribution in [0.1, 0.15) is 21.6 Å². The smallest absolute Gasteiger partial charge is 0.343 e. The summed E-state index contributed by atoms with van der Waals surface area (Å²) in [5.74, 6) is -0.310. The third kappa shape index (κ3) is 5.68. The molecule has 0 saturated heterocycles. The molecule has 0 spiro atoms. The lowest BCUT2D eigenvalue weighted by molar-refractivity contribution is -0.142. The van der Waals surface area contributed by atoms with Crippen molar-refractivity contribution in [3.05, 3.63) is 76.2 Å². The fraction of sp³-hybridized carbons (Fsp3) is 0.227. The first-order valence-electron chi connectivity index (χ1n) is 8.83. The van der Waals surface area contributed by atoms with Crippen LogP contribution in [0, 0.1) is 6.92 Å². The second kappa shape index (κ2) is 10.1. The fourth-order valence-electron chi connectivity index (χ4n) is 2.45. The number of carbonyl (C=O) groups excluding carboxylic acids is 2. The number of aromatic nitrogens is 1. The van der Waals surface area contributed by atoms with Crippen LogP contribution >= 0.6 is 0 Å². The number of nitrogens with zero attached hydrogens (tertiary/aromatic N) is 1. The first-order valence-corrected chi connectivity index (χ1v) is 8.83. The van der Waals surface area contributed by atoms with Crippen molar-refractivity contribution in [1.29, 1.82) is 0 Å². The second-order valence-corrected chi connectivity index (χ2v) is 6.12. The molecule has 1 aromatic heterocycles. The van der Waals surface area contributed by atoms with Crippen molar-refractivity contribution < 1.29 is 23.8 Å². The third-order valence-electron chi connectivity index (χ3n) is 4.11. The molecule has 0 fully saturated rings. The van der Waals surface area contributed by atoms with Gasteiger partial charge in [-0.2, -0.15) is 0 Å². The zero-order chi connectivity index (χ0) is 21.4. The van der Waals surface area contributed by atoms with Gasteiger partial charge < -0.3 is 18.8 Å². The Hall–Kier alpha value is -3.61. The number of hydrogen-bond donors (Lipinski definition) is 0. The molecule has 1 heterocycles. The van der Waals surface area contributed by atoms with Crippen molar-refractivity contribution >= 4 is 17.8 Å². The molecule has 2 aromatic rings. The van der Waals surface area contributed by atoms with Gasteiger partial charge in [-0.3, -0.25) is 9.59 Å². The lowest BCUT2D eigenvalue weighted by atomic mass is 10.1. The number of pyridine rings is 1. The molecule has 7 heteroatoms. The van der Waals surface area contributed by atoms with Gasteiger partial charge in [0.05, 0.1) is 7.11 Å². The molecule has 0 aliphatic carbocycles. The fourth-order valence-corrected chi connectivity index (χ4v) is 2.45. The lowest BCUT2D eigenvalue weighted by Crippen LogP contribution is -2.26. The Morgan fingerprint density at radius 1 is 1.21 bits per heavy atom. The average molecular weight is 397 g/mol. The van der Waals surface area contributed by atoms with Crippen molar-refractivity contribution in [3.63, 3.8) is 0 Å². The van der Waals surface area contributed by atoms with Crippen molar-refractivity contribution in [2.45, 2.75) is 6.92 Å². The van der Waals surface area contributed by atoms with E-state index in [0.29, 0.717) is 17.0 Å². The van der Waals surface area contributed by atoms with Crippen LogP contribution in [0.15, 0.2) is 53.9 Å². The summed E-state index contributed by atoms with van der Waals surface area (Å²) in [7, 11) is 2.87. The molecule has 2 rings (SSSR count). The van der Waals surface area contributed by atoms with Crippen LogP contribution in [0.5, 0.6) is 11.5 Å². The second-order valence-electron chi connectivity index (χ2n) is 6.12. The number of carbonyl (C=O) groups is 2. The van der Waals surface area contributed by atoms with Crippen LogP contribution in [0.2, 0.25) is 0 Å². The quantitative estimate of drug-likeness (QED) is 0.280. The van der Waals surface area contributed by atoms with E-state index in [4.69, 9.17) is 9.47 Å². The van der Waals surface area contributed by atoms with Gasteiger partial charge in [0.2, 0.25) is 0 Å². The van der Waals surface area contributed by atoms with Gasteiger partial charge in [-0.05, 0) is 30.7 Å². The van der Waals surface area contributed by atoms with E-state index in [2.05, 4.69) is 11.3 Å². The Morgan fingerprint density at radius 3 is 2.66 bits per heavy atom. The van der Waals surface area contributed by atoms with Gasteiger partial charge in [-0.25, -0.2) is 4.79 Å². The number of ketones is 1. The van der Waals surface area contributed by atoms with Gasteiger partial charge in [0.15, 0.2) is 12.4 Å². The van der Waals surface area contributed by atoms with Gasteiger partial charge in [-0.15, -0.1) is 0 Å². The molecule has 7 nitrogen and oxygen atoms in total. The highest BCUT2D eigenvalue weighted by atomic mass is 16.6. The number of rotatable bonds is 9. The number of ether oxygens (including phenoxy) is 3. The summed E-state index contributed by atoms with van der Waals surface area (Å²) in [4.78, 5) is 36.5. The van der Waals surface area contributed by atoms with E-state index < -0.39 is 17.3 Å². The standard InChI is InChI=1S/C22H23NO6/c1-5-11-28-19-12-15(2)23(3)22(26)21(19)18(24)10-9-16-7-6-8-17(13-16)29-14-20(25)27-4/h5-10,12-13H,1,11,14H2,2-4H3. The van der Waals surface area contributed by atoms with E-state index in [9.17, 15) is 14.4 Å². The minimum Gasteiger partial charge on any atom is -0.488 e. The predicted molar refractivity (Wildman–Crippen MR) is 109 cm³/mol. The molecule has 0 saturated carbocycles. The van der Waals surface area contributed by atoms with Gasteiger partial charge in [-0.1, -0.05) is 30.9 Å². The monoisotopic (exact) mass is 397 g/mol.